The molecule has 96 valence electrons. The van der Waals surface area contributed by atoms with E-state index in [-0.39, 0.29) is 5.82 Å². The van der Waals surface area contributed by atoms with E-state index in [1.54, 1.807) is 23.5 Å². The normalized spacial score (nSPS) is 12.7. The number of aryl methyl sites for hydroxylation is 2. The number of halogens is 2. The zero-order chi connectivity index (χ0) is 13.3. The van der Waals surface area contributed by atoms with Crippen molar-refractivity contribution in [3.63, 3.8) is 0 Å². The second-order valence-electron chi connectivity index (χ2n) is 4.34. The van der Waals surface area contributed by atoms with Crippen LogP contribution in [0.2, 0.25) is 0 Å². The Labute approximate surface area is 118 Å². The van der Waals surface area contributed by atoms with E-state index in [0.29, 0.717) is 10.9 Å². The van der Waals surface area contributed by atoms with Gasteiger partial charge in [-0.25, -0.2) is 4.39 Å². The Hall–Kier alpha value is -0.710. The fourth-order valence-electron chi connectivity index (χ4n) is 1.98. The van der Waals surface area contributed by atoms with E-state index >= 15 is 0 Å². The topological polar surface area (TPSA) is 20.2 Å². The summed E-state index contributed by atoms with van der Waals surface area (Å²) in [4.78, 5) is 2.34. The quantitative estimate of drug-likeness (QED) is 0.876. The van der Waals surface area contributed by atoms with Crippen LogP contribution in [0, 0.1) is 19.7 Å². The molecule has 18 heavy (non-hydrogen) atoms. The average molecular weight is 329 g/mol. The highest BCUT2D eigenvalue weighted by atomic mass is 79.9. The van der Waals surface area contributed by atoms with Gasteiger partial charge in [-0.2, -0.15) is 0 Å². The standard InChI is InChI=1S/C14H14BrFOS/c1-8-5-11(9(2)18-8)14(17)7-10-3-4-13(16)12(15)6-10/h3-6,14,17H,7H2,1-2H3. The van der Waals surface area contributed by atoms with Crippen LogP contribution in [0.15, 0.2) is 28.7 Å². The first-order chi connectivity index (χ1) is 8.47. The minimum atomic E-state index is -0.535. The number of benzene rings is 1. The van der Waals surface area contributed by atoms with Crippen LogP contribution >= 0.6 is 27.3 Å². The van der Waals surface area contributed by atoms with Crippen molar-refractivity contribution in [3.05, 3.63) is 55.4 Å². The first kappa shape index (κ1) is 13.7. The smallest absolute Gasteiger partial charge is 0.137 e. The number of aliphatic hydroxyl groups excluding tert-OH is 1. The highest BCUT2D eigenvalue weighted by molar-refractivity contribution is 9.10. The summed E-state index contributed by atoms with van der Waals surface area (Å²) in [5, 5.41) is 10.2. The molecule has 2 rings (SSSR count). The zero-order valence-corrected chi connectivity index (χ0v) is 12.6. The lowest BCUT2D eigenvalue weighted by atomic mass is 10.0. The largest absolute Gasteiger partial charge is 0.388 e. The molecule has 1 heterocycles. The van der Waals surface area contributed by atoms with Crippen LogP contribution in [-0.2, 0) is 6.42 Å². The summed E-state index contributed by atoms with van der Waals surface area (Å²) in [5.74, 6) is -0.282. The van der Waals surface area contributed by atoms with Crippen LogP contribution in [0.4, 0.5) is 4.39 Å². The summed E-state index contributed by atoms with van der Waals surface area (Å²) in [6.07, 6.45) is -0.0390. The third-order valence-electron chi connectivity index (χ3n) is 2.85. The first-order valence-corrected chi connectivity index (χ1v) is 7.27. The van der Waals surface area contributed by atoms with Crippen LogP contribution in [0.5, 0.6) is 0 Å². The highest BCUT2D eigenvalue weighted by Gasteiger charge is 2.14. The Morgan fingerprint density at radius 1 is 1.33 bits per heavy atom. The Kier molecular flexibility index (Phi) is 4.20. The van der Waals surface area contributed by atoms with Crippen molar-refractivity contribution in [2.75, 3.05) is 0 Å². The van der Waals surface area contributed by atoms with Gasteiger partial charge in [0.2, 0.25) is 0 Å². The molecule has 0 amide bonds. The molecule has 1 N–H and O–H groups in total. The number of hydrogen-bond acceptors (Lipinski definition) is 2. The molecule has 0 bridgehead atoms. The van der Waals surface area contributed by atoms with E-state index in [1.807, 2.05) is 19.9 Å². The van der Waals surface area contributed by atoms with Crippen molar-refractivity contribution < 1.29 is 9.50 Å². The van der Waals surface area contributed by atoms with Crippen molar-refractivity contribution in [2.45, 2.75) is 26.4 Å². The van der Waals surface area contributed by atoms with E-state index < -0.39 is 6.10 Å². The minimum absolute atomic E-state index is 0.282. The Morgan fingerprint density at radius 2 is 2.06 bits per heavy atom. The van der Waals surface area contributed by atoms with Gasteiger partial charge in [0.1, 0.15) is 5.82 Å². The van der Waals surface area contributed by atoms with Gasteiger partial charge in [0.15, 0.2) is 0 Å². The van der Waals surface area contributed by atoms with Crippen molar-refractivity contribution >= 4 is 27.3 Å². The third-order valence-corrected chi connectivity index (χ3v) is 4.44. The van der Waals surface area contributed by atoms with E-state index in [4.69, 9.17) is 0 Å². The summed E-state index contributed by atoms with van der Waals surface area (Å²) in [7, 11) is 0. The summed E-state index contributed by atoms with van der Waals surface area (Å²) in [6, 6.07) is 6.85. The van der Waals surface area contributed by atoms with Crippen molar-refractivity contribution in [1.29, 1.82) is 0 Å². The molecule has 0 saturated carbocycles. The van der Waals surface area contributed by atoms with E-state index in [2.05, 4.69) is 15.9 Å². The predicted molar refractivity (Wildman–Crippen MR) is 76.6 cm³/mol. The molecule has 1 atom stereocenters. The fourth-order valence-corrected chi connectivity index (χ4v) is 3.39. The Balaban J connectivity index is 2.18. The van der Waals surface area contributed by atoms with Crippen molar-refractivity contribution in [2.24, 2.45) is 0 Å². The van der Waals surface area contributed by atoms with Crippen LogP contribution in [0.3, 0.4) is 0 Å². The summed E-state index contributed by atoms with van der Waals surface area (Å²) in [6.45, 7) is 4.04. The Morgan fingerprint density at radius 3 is 2.61 bits per heavy atom. The van der Waals surface area contributed by atoms with Crippen molar-refractivity contribution in [1.82, 2.24) is 0 Å². The SMILES string of the molecule is Cc1cc(C(O)Cc2ccc(F)c(Br)c2)c(C)s1. The molecule has 1 unspecified atom stereocenters. The maximum absolute atomic E-state index is 13.1. The number of hydrogen-bond donors (Lipinski definition) is 1. The molecular weight excluding hydrogens is 315 g/mol. The van der Waals surface area contributed by atoms with E-state index in [9.17, 15) is 9.50 Å². The monoisotopic (exact) mass is 328 g/mol. The zero-order valence-electron chi connectivity index (χ0n) is 10.2. The predicted octanol–water partition coefficient (Wildman–Crippen LogP) is 4.54. The second kappa shape index (κ2) is 5.51. The molecule has 1 aromatic heterocycles. The maximum Gasteiger partial charge on any atom is 0.137 e. The van der Waals surface area contributed by atoms with Gasteiger partial charge in [-0.05, 0) is 59.1 Å². The lowest BCUT2D eigenvalue weighted by Crippen LogP contribution is -2.02. The second-order valence-corrected chi connectivity index (χ2v) is 6.65. The van der Waals surface area contributed by atoms with Gasteiger partial charge in [0.05, 0.1) is 10.6 Å². The molecule has 0 aliphatic rings. The van der Waals surface area contributed by atoms with Crippen molar-refractivity contribution in [3.8, 4) is 0 Å². The summed E-state index contributed by atoms with van der Waals surface area (Å²) >= 11 is 4.84. The van der Waals surface area contributed by atoms with Gasteiger partial charge in [-0.3, -0.25) is 0 Å². The van der Waals surface area contributed by atoms with Gasteiger partial charge in [0.25, 0.3) is 0 Å². The highest BCUT2D eigenvalue weighted by Crippen LogP contribution is 2.29. The van der Waals surface area contributed by atoms with Crippen LogP contribution in [-0.4, -0.2) is 5.11 Å². The molecule has 4 heteroatoms. The Bertz CT molecular complexity index is 565. The third kappa shape index (κ3) is 2.99. The number of rotatable bonds is 3. The molecular formula is C14H14BrFOS. The molecule has 0 aliphatic heterocycles. The van der Waals surface area contributed by atoms with Crippen LogP contribution in [0.1, 0.15) is 27.0 Å². The molecule has 2 aromatic rings. The van der Waals surface area contributed by atoms with Gasteiger partial charge in [-0.15, -0.1) is 11.3 Å². The van der Waals surface area contributed by atoms with E-state index in [0.717, 1.165) is 16.0 Å². The van der Waals surface area contributed by atoms with Gasteiger partial charge in [0, 0.05) is 16.2 Å². The number of thiophene rings is 1. The lowest BCUT2D eigenvalue weighted by molar-refractivity contribution is 0.178. The fraction of sp³-hybridized carbons (Fsp3) is 0.286. The molecule has 0 aliphatic carbocycles. The summed E-state index contributed by atoms with van der Waals surface area (Å²) < 4.78 is 13.6. The molecule has 1 aromatic carbocycles. The molecule has 0 fully saturated rings. The molecule has 0 saturated heterocycles. The maximum atomic E-state index is 13.1. The molecule has 0 spiro atoms. The van der Waals surface area contributed by atoms with Gasteiger partial charge in [-0.1, -0.05) is 6.07 Å². The lowest BCUT2D eigenvalue weighted by Gasteiger charge is -2.11. The summed E-state index contributed by atoms with van der Waals surface area (Å²) in [5.41, 5.74) is 1.89. The average Bonchev–Trinajstić information content (AvgIpc) is 2.63. The minimum Gasteiger partial charge on any atom is -0.388 e. The number of aliphatic hydroxyl groups is 1. The van der Waals surface area contributed by atoms with Crippen LogP contribution < -0.4 is 0 Å². The van der Waals surface area contributed by atoms with Gasteiger partial charge >= 0.3 is 0 Å². The van der Waals surface area contributed by atoms with Gasteiger partial charge < -0.3 is 5.11 Å². The van der Waals surface area contributed by atoms with E-state index in [1.165, 1.54) is 10.9 Å². The molecule has 1 nitrogen and oxygen atoms in total. The van der Waals surface area contributed by atoms with Crippen LogP contribution in [0.25, 0.3) is 0 Å². The first-order valence-electron chi connectivity index (χ1n) is 5.66. The molecule has 0 radical (unpaired) electrons.